The van der Waals surface area contributed by atoms with Crippen LogP contribution < -0.4 is 0 Å². The number of nitro groups is 1. The predicted octanol–water partition coefficient (Wildman–Crippen LogP) is 5.56. The Bertz CT molecular complexity index is 892. The fourth-order valence-electron chi connectivity index (χ4n) is 2.52. The molecule has 0 saturated heterocycles. The summed E-state index contributed by atoms with van der Waals surface area (Å²) < 4.78 is 39.5. The maximum atomic E-state index is 13.0. The Balaban J connectivity index is 2.37. The molecule has 0 saturated carbocycles. The number of amides is 1. The van der Waals surface area contributed by atoms with Gasteiger partial charge < -0.3 is 4.90 Å². The first-order valence-electron chi connectivity index (χ1n) is 8.49. The average molecular weight is 448 g/mol. The number of halogens is 3. The van der Waals surface area contributed by atoms with Gasteiger partial charge in [0.2, 0.25) is 0 Å². The van der Waals surface area contributed by atoms with E-state index in [4.69, 9.17) is 0 Å². The molecule has 1 aromatic heterocycles. The molecule has 29 heavy (non-hydrogen) atoms. The first-order chi connectivity index (χ1) is 13.2. The lowest BCUT2D eigenvalue weighted by molar-refractivity contribution is -0.387. The lowest BCUT2D eigenvalue weighted by Crippen LogP contribution is -2.43. The number of carbonyl (C=O) groups is 1. The third-order valence-electron chi connectivity index (χ3n) is 3.52. The van der Waals surface area contributed by atoms with E-state index in [-0.39, 0.29) is 22.7 Å². The van der Waals surface area contributed by atoms with Crippen LogP contribution in [0.2, 0.25) is 0 Å². The molecule has 0 fully saturated rings. The molecule has 0 spiro atoms. The molecule has 6 nitrogen and oxygen atoms in total. The number of carbonyl (C=O) groups excluding carboxylic acids is 1. The highest BCUT2D eigenvalue weighted by atomic mass is 32.2. The topological polar surface area (TPSA) is 76.3 Å². The SMILES string of the molecule is Cc1csc(Sc2ccc(C(=O)N(CC(C)(C)C)CC(F)(F)F)cc2[N+](=O)[O-])n1. The first kappa shape index (κ1) is 23.1. The number of rotatable bonds is 6. The molecule has 158 valence electrons. The number of aromatic nitrogens is 1. The molecule has 0 aliphatic heterocycles. The van der Waals surface area contributed by atoms with E-state index in [2.05, 4.69) is 4.98 Å². The minimum Gasteiger partial charge on any atom is -0.329 e. The van der Waals surface area contributed by atoms with Crippen molar-refractivity contribution >= 4 is 34.7 Å². The van der Waals surface area contributed by atoms with E-state index in [9.17, 15) is 28.1 Å². The van der Waals surface area contributed by atoms with Gasteiger partial charge in [-0.1, -0.05) is 32.5 Å². The summed E-state index contributed by atoms with van der Waals surface area (Å²) in [5, 5.41) is 13.3. The van der Waals surface area contributed by atoms with Crippen molar-refractivity contribution in [3.05, 3.63) is 45.0 Å². The van der Waals surface area contributed by atoms with E-state index in [0.717, 1.165) is 23.5 Å². The van der Waals surface area contributed by atoms with Crippen LogP contribution in [0.3, 0.4) is 0 Å². The minimum absolute atomic E-state index is 0.145. The number of nitrogens with zero attached hydrogens (tertiary/aromatic N) is 3. The minimum atomic E-state index is -4.58. The molecule has 0 aliphatic rings. The predicted molar refractivity (Wildman–Crippen MR) is 105 cm³/mol. The molecule has 11 heteroatoms. The van der Waals surface area contributed by atoms with Crippen LogP contribution in [-0.4, -0.2) is 40.0 Å². The molecule has 0 radical (unpaired) electrons. The number of alkyl halides is 3. The monoisotopic (exact) mass is 447 g/mol. The molecule has 0 N–H and O–H groups in total. The Morgan fingerprint density at radius 1 is 1.28 bits per heavy atom. The van der Waals surface area contributed by atoms with Gasteiger partial charge >= 0.3 is 6.18 Å². The second kappa shape index (κ2) is 8.70. The van der Waals surface area contributed by atoms with E-state index in [1.807, 2.05) is 0 Å². The average Bonchev–Trinajstić information content (AvgIpc) is 2.96. The van der Waals surface area contributed by atoms with Gasteiger partial charge in [0.1, 0.15) is 6.54 Å². The second-order valence-corrected chi connectivity index (χ2v) is 9.78. The molecule has 1 amide bonds. The van der Waals surface area contributed by atoms with Crippen molar-refractivity contribution < 1.29 is 22.9 Å². The largest absolute Gasteiger partial charge is 0.406 e. The van der Waals surface area contributed by atoms with Crippen LogP contribution in [0.25, 0.3) is 0 Å². The van der Waals surface area contributed by atoms with Gasteiger partial charge in [-0.05, 0) is 24.5 Å². The van der Waals surface area contributed by atoms with E-state index in [1.165, 1.54) is 23.5 Å². The van der Waals surface area contributed by atoms with Gasteiger partial charge in [0.15, 0.2) is 4.34 Å². The third-order valence-corrected chi connectivity index (χ3v) is 5.64. The van der Waals surface area contributed by atoms with Gasteiger partial charge in [-0.15, -0.1) is 11.3 Å². The summed E-state index contributed by atoms with van der Waals surface area (Å²) in [7, 11) is 0. The van der Waals surface area contributed by atoms with Crippen molar-refractivity contribution in [1.29, 1.82) is 0 Å². The zero-order chi connectivity index (χ0) is 22.0. The number of benzene rings is 1. The summed E-state index contributed by atoms with van der Waals surface area (Å²) in [6.45, 7) is 5.35. The van der Waals surface area contributed by atoms with Crippen LogP contribution in [0.5, 0.6) is 0 Å². The lowest BCUT2D eigenvalue weighted by Gasteiger charge is -2.30. The Morgan fingerprint density at radius 2 is 1.93 bits per heavy atom. The van der Waals surface area contributed by atoms with Crippen molar-refractivity contribution in [3.8, 4) is 0 Å². The maximum Gasteiger partial charge on any atom is 0.406 e. The molecule has 1 heterocycles. The van der Waals surface area contributed by atoms with Crippen LogP contribution in [0.15, 0.2) is 32.8 Å². The number of aryl methyl sites for hydroxylation is 1. The first-order valence-corrected chi connectivity index (χ1v) is 10.2. The molecule has 0 atom stereocenters. The van der Waals surface area contributed by atoms with Crippen molar-refractivity contribution in [2.75, 3.05) is 13.1 Å². The zero-order valence-corrected chi connectivity index (χ0v) is 17.9. The Labute approximate surface area is 174 Å². The summed E-state index contributed by atoms with van der Waals surface area (Å²) in [4.78, 5) is 28.7. The van der Waals surface area contributed by atoms with Crippen LogP contribution in [-0.2, 0) is 0 Å². The molecule has 0 bridgehead atoms. The second-order valence-electron chi connectivity index (χ2n) is 7.63. The molecule has 0 unspecified atom stereocenters. The van der Waals surface area contributed by atoms with Crippen LogP contribution in [0.1, 0.15) is 36.8 Å². The molecular formula is C18H20F3N3O3S2. The molecular weight excluding hydrogens is 427 g/mol. The van der Waals surface area contributed by atoms with Crippen molar-refractivity contribution in [2.45, 2.75) is 43.1 Å². The summed E-state index contributed by atoms with van der Waals surface area (Å²) in [6.07, 6.45) is -4.58. The van der Waals surface area contributed by atoms with Gasteiger partial charge in [-0.3, -0.25) is 14.9 Å². The van der Waals surface area contributed by atoms with Gasteiger partial charge in [0.05, 0.1) is 9.82 Å². The standard InChI is InChI=1S/C18H20F3N3O3S2/c1-11-8-28-16(22-11)29-14-6-5-12(7-13(14)24(26)27)15(25)23(9-17(2,3)4)10-18(19,20)21/h5-8H,9-10H2,1-4H3. The molecule has 2 rings (SSSR count). The lowest BCUT2D eigenvalue weighted by atomic mass is 9.95. The number of hydrogen-bond donors (Lipinski definition) is 0. The Morgan fingerprint density at radius 3 is 2.41 bits per heavy atom. The van der Waals surface area contributed by atoms with Crippen LogP contribution >= 0.6 is 23.1 Å². The fraction of sp³-hybridized carbons (Fsp3) is 0.444. The summed E-state index contributed by atoms with van der Waals surface area (Å²) >= 11 is 2.40. The Kier molecular flexibility index (Phi) is 6.94. The van der Waals surface area contributed by atoms with Crippen LogP contribution in [0.4, 0.5) is 18.9 Å². The van der Waals surface area contributed by atoms with Gasteiger partial charge in [0.25, 0.3) is 11.6 Å². The maximum absolute atomic E-state index is 13.0. The summed E-state index contributed by atoms with van der Waals surface area (Å²) in [6, 6.07) is 3.71. The number of thiazole rings is 1. The summed E-state index contributed by atoms with van der Waals surface area (Å²) in [5.74, 6) is -0.901. The normalized spacial score (nSPS) is 12.1. The molecule has 0 aliphatic carbocycles. The van der Waals surface area contributed by atoms with Gasteiger partial charge in [0, 0.05) is 29.2 Å². The quantitative estimate of drug-likeness (QED) is 0.428. The van der Waals surface area contributed by atoms with E-state index < -0.39 is 29.0 Å². The van der Waals surface area contributed by atoms with Gasteiger partial charge in [-0.25, -0.2) is 4.98 Å². The highest BCUT2D eigenvalue weighted by molar-refractivity contribution is 8.01. The smallest absolute Gasteiger partial charge is 0.329 e. The third kappa shape index (κ3) is 7.00. The van der Waals surface area contributed by atoms with E-state index in [0.29, 0.717) is 9.24 Å². The fourth-order valence-corrected chi connectivity index (χ4v) is 4.40. The Hall–Kier alpha value is -2.14. The number of nitro benzene ring substituents is 1. The van der Waals surface area contributed by atoms with E-state index >= 15 is 0 Å². The van der Waals surface area contributed by atoms with Gasteiger partial charge in [-0.2, -0.15) is 13.2 Å². The highest BCUT2D eigenvalue weighted by Gasteiger charge is 2.35. The molecule has 1 aromatic carbocycles. The van der Waals surface area contributed by atoms with Crippen LogP contribution in [0, 0.1) is 22.5 Å². The number of hydrogen-bond acceptors (Lipinski definition) is 6. The summed E-state index contributed by atoms with van der Waals surface area (Å²) in [5.41, 5.74) is -0.316. The van der Waals surface area contributed by atoms with Crippen molar-refractivity contribution in [3.63, 3.8) is 0 Å². The van der Waals surface area contributed by atoms with Crippen molar-refractivity contribution in [1.82, 2.24) is 9.88 Å². The van der Waals surface area contributed by atoms with E-state index in [1.54, 1.807) is 33.1 Å². The van der Waals surface area contributed by atoms with Crippen molar-refractivity contribution in [2.24, 2.45) is 5.41 Å². The highest BCUT2D eigenvalue weighted by Crippen LogP contribution is 2.37. The zero-order valence-electron chi connectivity index (χ0n) is 16.2. The molecule has 2 aromatic rings.